The monoisotopic (exact) mass is 251 g/mol. The first-order valence-corrected chi connectivity index (χ1v) is 6.68. The van der Waals surface area contributed by atoms with Crippen LogP contribution in [-0.2, 0) is 11.3 Å². The molecule has 1 amide bonds. The summed E-state index contributed by atoms with van der Waals surface area (Å²) in [4.78, 5) is 12.0. The van der Waals surface area contributed by atoms with E-state index in [1.54, 1.807) is 19.2 Å². The summed E-state index contributed by atoms with van der Waals surface area (Å²) in [6.45, 7) is 0.400. The van der Waals surface area contributed by atoms with Gasteiger partial charge in [-0.25, -0.2) is 0 Å². The summed E-state index contributed by atoms with van der Waals surface area (Å²) in [6.07, 6.45) is 7.14. The zero-order chi connectivity index (χ0) is 12.8. The highest BCUT2D eigenvalue weighted by Crippen LogP contribution is 2.18. The van der Waals surface area contributed by atoms with Gasteiger partial charge in [-0.2, -0.15) is 0 Å². The van der Waals surface area contributed by atoms with Crippen molar-refractivity contribution in [3.05, 3.63) is 23.7 Å². The molecule has 18 heavy (non-hydrogen) atoms. The Morgan fingerprint density at radius 2 is 2.06 bits per heavy atom. The minimum absolute atomic E-state index is 0.107. The normalized spacial score (nSPS) is 17.4. The van der Waals surface area contributed by atoms with Crippen LogP contribution in [-0.4, -0.2) is 19.1 Å². The van der Waals surface area contributed by atoms with Gasteiger partial charge in [-0.3, -0.25) is 4.79 Å². The number of hydrogen-bond acceptors (Lipinski definition) is 3. The van der Waals surface area contributed by atoms with Crippen molar-refractivity contribution in [3.8, 4) is 0 Å². The lowest BCUT2D eigenvalue weighted by Gasteiger charge is -2.14. The van der Waals surface area contributed by atoms with Crippen LogP contribution in [0.4, 0.5) is 0 Å². The Kier molecular flexibility index (Phi) is 4.81. The number of hydrogen-bond donors (Lipinski definition) is 1. The van der Waals surface area contributed by atoms with E-state index in [1.165, 1.54) is 25.7 Å². The third-order valence-electron chi connectivity index (χ3n) is 3.36. The number of furan rings is 1. The van der Waals surface area contributed by atoms with Gasteiger partial charge in [0.15, 0.2) is 5.76 Å². The van der Waals surface area contributed by atoms with E-state index >= 15 is 0 Å². The van der Waals surface area contributed by atoms with Crippen LogP contribution in [0.15, 0.2) is 16.5 Å². The van der Waals surface area contributed by atoms with Crippen molar-refractivity contribution in [1.29, 1.82) is 0 Å². The van der Waals surface area contributed by atoms with Gasteiger partial charge in [-0.1, -0.05) is 25.7 Å². The van der Waals surface area contributed by atoms with E-state index in [0.717, 1.165) is 12.8 Å². The fourth-order valence-electron chi connectivity index (χ4n) is 2.40. The third-order valence-corrected chi connectivity index (χ3v) is 3.36. The molecule has 0 aliphatic heterocycles. The van der Waals surface area contributed by atoms with Crippen LogP contribution < -0.4 is 5.32 Å². The van der Waals surface area contributed by atoms with Crippen molar-refractivity contribution in [3.63, 3.8) is 0 Å². The van der Waals surface area contributed by atoms with Crippen LogP contribution in [0.2, 0.25) is 0 Å². The number of carbonyl (C=O) groups is 1. The SMILES string of the molecule is COCc1ccc(C(=O)NC2CCCCCC2)o1. The molecule has 2 rings (SSSR count). The van der Waals surface area contributed by atoms with Crippen molar-refractivity contribution >= 4 is 5.91 Å². The van der Waals surface area contributed by atoms with E-state index in [4.69, 9.17) is 9.15 Å². The smallest absolute Gasteiger partial charge is 0.287 e. The maximum Gasteiger partial charge on any atom is 0.287 e. The second kappa shape index (κ2) is 6.59. The van der Waals surface area contributed by atoms with Crippen LogP contribution in [0.25, 0.3) is 0 Å². The van der Waals surface area contributed by atoms with Gasteiger partial charge in [0.1, 0.15) is 12.4 Å². The van der Waals surface area contributed by atoms with Crippen LogP contribution in [0.3, 0.4) is 0 Å². The van der Waals surface area contributed by atoms with E-state index < -0.39 is 0 Å². The topological polar surface area (TPSA) is 51.5 Å². The van der Waals surface area contributed by atoms with Gasteiger partial charge in [0.2, 0.25) is 0 Å². The summed E-state index contributed by atoms with van der Waals surface area (Å²) in [5, 5.41) is 3.06. The molecule has 1 aromatic rings. The molecule has 1 aliphatic carbocycles. The first-order chi connectivity index (χ1) is 8.79. The van der Waals surface area contributed by atoms with Crippen molar-refractivity contribution < 1.29 is 13.9 Å². The standard InChI is InChI=1S/C14H21NO3/c1-17-10-12-8-9-13(18-12)14(16)15-11-6-4-2-3-5-7-11/h8-9,11H,2-7,10H2,1H3,(H,15,16). The van der Waals surface area contributed by atoms with Crippen LogP contribution in [0.1, 0.15) is 54.8 Å². The minimum Gasteiger partial charge on any atom is -0.453 e. The third kappa shape index (κ3) is 3.60. The quantitative estimate of drug-likeness (QED) is 0.837. The van der Waals surface area contributed by atoms with Gasteiger partial charge in [-0.05, 0) is 25.0 Å². The van der Waals surface area contributed by atoms with Gasteiger partial charge in [0.05, 0.1) is 0 Å². The summed E-state index contributed by atoms with van der Waals surface area (Å²) in [5.74, 6) is 0.957. The molecular formula is C14H21NO3. The fraction of sp³-hybridized carbons (Fsp3) is 0.643. The molecule has 4 nitrogen and oxygen atoms in total. The molecule has 1 heterocycles. The molecule has 0 aromatic carbocycles. The molecule has 1 N–H and O–H groups in total. The summed E-state index contributed by atoms with van der Waals surface area (Å²) in [5.41, 5.74) is 0. The Morgan fingerprint density at radius 3 is 2.72 bits per heavy atom. The number of rotatable bonds is 4. The molecule has 0 unspecified atom stereocenters. The predicted octanol–water partition coefficient (Wildman–Crippen LogP) is 2.88. The van der Waals surface area contributed by atoms with Crippen molar-refractivity contribution in [2.45, 2.75) is 51.2 Å². The Labute approximate surface area is 108 Å². The Bertz CT molecular complexity index is 378. The fourth-order valence-corrected chi connectivity index (χ4v) is 2.40. The molecule has 1 aromatic heterocycles. The molecule has 0 bridgehead atoms. The summed E-state index contributed by atoms with van der Waals surface area (Å²) in [7, 11) is 1.60. The number of methoxy groups -OCH3 is 1. The first-order valence-electron chi connectivity index (χ1n) is 6.68. The molecule has 0 spiro atoms. The molecule has 1 saturated carbocycles. The molecule has 0 saturated heterocycles. The average molecular weight is 251 g/mol. The van der Waals surface area contributed by atoms with Crippen LogP contribution in [0, 0.1) is 0 Å². The molecular weight excluding hydrogens is 230 g/mol. The molecule has 0 atom stereocenters. The van der Waals surface area contributed by atoms with Gasteiger partial charge in [-0.15, -0.1) is 0 Å². The molecule has 1 fully saturated rings. The van der Waals surface area contributed by atoms with Gasteiger partial charge in [0.25, 0.3) is 5.91 Å². The number of ether oxygens (including phenoxy) is 1. The average Bonchev–Trinajstić information content (AvgIpc) is 2.67. The van der Waals surface area contributed by atoms with Gasteiger partial charge in [0, 0.05) is 13.2 Å². The maximum absolute atomic E-state index is 12.0. The highest BCUT2D eigenvalue weighted by atomic mass is 16.5. The largest absolute Gasteiger partial charge is 0.453 e. The van der Waals surface area contributed by atoms with E-state index in [-0.39, 0.29) is 5.91 Å². The molecule has 100 valence electrons. The van der Waals surface area contributed by atoms with Gasteiger partial charge < -0.3 is 14.5 Å². The second-order valence-corrected chi connectivity index (χ2v) is 4.86. The van der Waals surface area contributed by atoms with Crippen molar-refractivity contribution in [2.24, 2.45) is 0 Å². The summed E-state index contributed by atoms with van der Waals surface area (Å²) in [6, 6.07) is 3.79. The van der Waals surface area contributed by atoms with Gasteiger partial charge >= 0.3 is 0 Å². The van der Waals surface area contributed by atoms with Crippen molar-refractivity contribution in [2.75, 3.05) is 7.11 Å². The minimum atomic E-state index is -0.107. The number of nitrogens with one attached hydrogen (secondary N) is 1. The van der Waals surface area contributed by atoms with Crippen LogP contribution >= 0.6 is 0 Å². The Morgan fingerprint density at radius 1 is 1.33 bits per heavy atom. The lowest BCUT2D eigenvalue weighted by Crippen LogP contribution is -2.34. The zero-order valence-electron chi connectivity index (χ0n) is 10.9. The number of amides is 1. The predicted molar refractivity (Wildman–Crippen MR) is 68.4 cm³/mol. The second-order valence-electron chi connectivity index (χ2n) is 4.86. The summed E-state index contributed by atoms with van der Waals surface area (Å²) < 4.78 is 10.4. The van der Waals surface area contributed by atoms with E-state index in [1.807, 2.05) is 0 Å². The molecule has 0 radical (unpaired) electrons. The number of carbonyl (C=O) groups excluding carboxylic acids is 1. The highest BCUT2D eigenvalue weighted by Gasteiger charge is 2.17. The van der Waals surface area contributed by atoms with E-state index in [2.05, 4.69) is 5.32 Å². The Hall–Kier alpha value is -1.29. The maximum atomic E-state index is 12.0. The molecule has 1 aliphatic rings. The lowest BCUT2D eigenvalue weighted by molar-refractivity contribution is 0.0896. The van der Waals surface area contributed by atoms with Crippen molar-refractivity contribution in [1.82, 2.24) is 5.32 Å². The lowest BCUT2D eigenvalue weighted by atomic mass is 10.1. The van der Waals surface area contributed by atoms with Crippen LogP contribution in [0.5, 0.6) is 0 Å². The molecule has 4 heteroatoms. The first kappa shape index (κ1) is 13.1. The van der Waals surface area contributed by atoms with E-state index in [9.17, 15) is 4.79 Å². The Balaban J connectivity index is 1.89. The highest BCUT2D eigenvalue weighted by molar-refractivity contribution is 5.91. The summed E-state index contributed by atoms with van der Waals surface area (Å²) >= 11 is 0. The zero-order valence-corrected chi connectivity index (χ0v) is 10.9. The van der Waals surface area contributed by atoms with E-state index in [0.29, 0.717) is 24.2 Å².